The Morgan fingerprint density at radius 2 is 0.846 bits per heavy atom. The van der Waals surface area contributed by atoms with Crippen LogP contribution in [0.1, 0.15) is 0 Å². The van der Waals surface area contributed by atoms with E-state index in [1.807, 2.05) is 0 Å². The summed E-state index contributed by atoms with van der Waals surface area (Å²) in [4.78, 5) is 2.37. The Morgan fingerprint density at radius 3 is 1.54 bits per heavy atom. The summed E-state index contributed by atoms with van der Waals surface area (Å²) in [5.41, 5.74) is 11.7. The normalized spacial score (nSPS) is 11.5. The number of benzene rings is 9. The Hall–Kier alpha value is -6.90. The summed E-state index contributed by atoms with van der Waals surface area (Å²) in [6, 6.07) is 74.6. The van der Waals surface area contributed by atoms with Gasteiger partial charge in [-0.05, 0) is 111 Å². The smallest absolute Gasteiger partial charge is 0.0541 e. The average Bonchev–Trinajstić information content (AvgIpc) is 3.56. The van der Waals surface area contributed by atoms with Crippen LogP contribution in [0.2, 0.25) is 0 Å². The minimum absolute atomic E-state index is 1.10. The third-order valence-electron chi connectivity index (χ3n) is 10.4. The number of aromatic nitrogens is 1. The predicted octanol–water partition coefficient (Wildman–Crippen LogP) is 13.9. The number of para-hydroxylation sites is 2. The van der Waals surface area contributed by atoms with Crippen LogP contribution in [0.5, 0.6) is 0 Å². The van der Waals surface area contributed by atoms with Gasteiger partial charge in [0.25, 0.3) is 0 Å². The summed E-state index contributed by atoms with van der Waals surface area (Å²) in [6.07, 6.45) is 0. The van der Waals surface area contributed by atoms with Crippen molar-refractivity contribution in [1.29, 1.82) is 0 Å². The highest BCUT2D eigenvalue weighted by Gasteiger charge is 2.17. The molecule has 1 aromatic heterocycles. The van der Waals surface area contributed by atoms with Crippen LogP contribution in [0.4, 0.5) is 17.1 Å². The lowest BCUT2D eigenvalue weighted by Crippen LogP contribution is -2.10. The van der Waals surface area contributed by atoms with Gasteiger partial charge in [-0.1, -0.05) is 140 Å². The molecular weight excluding hydrogens is 629 g/mol. The van der Waals surface area contributed by atoms with Gasteiger partial charge in [-0.2, -0.15) is 0 Å². The zero-order valence-electron chi connectivity index (χ0n) is 28.5. The van der Waals surface area contributed by atoms with Gasteiger partial charge in [-0.15, -0.1) is 0 Å². The summed E-state index contributed by atoms with van der Waals surface area (Å²) in [6.45, 7) is 0. The average molecular weight is 663 g/mol. The fourth-order valence-electron chi connectivity index (χ4n) is 7.94. The third kappa shape index (κ3) is 5.04. The minimum Gasteiger partial charge on any atom is -0.310 e. The van der Waals surface area contributed by atoms with E-state index >= 15 is 0 Å². The van der Waals surface area contributed by atoms with E-state index in [0.717, 1.165) is 22.7 Å². The molecule has 244 valence electrons. The number of rotatable bonds is 6. The van der Waals surface area contributed by atoms with Gasteiger partial charge in [0.05, 0.1) is 11.0 Å². The van der Waals surface area contributed by atoms with E-state index in [0.29, 0.717) is 0 Å². The van der Waals surface area contributed by atoms with Gasteiger partial charge in [-0.3, -0.25) is 0 Å². The Labute approximate surface area is 303 Å². The number of hydrogen-bond acceptors (Lipinski definition) is 1. The first-order chi connectivity index (χ1) is 25.8. The molecule has 0 unspecified atom stereocenters. The molecule has 2 nitrogen and oxygen atoms in total. The summed E-state index contributed by atoms with van der Waals surface area (Å²) < 4.78 is 2.37. The second kappa shape index (κ2) is 12.5. The van der Waals surface area contributed by atoms with Crippen LogP contribution < -0.4 is 4.90 Å². The van der Waals surface area contributed by atoms with Crippen molar-refractivity contribution in [1.82, 2.24) is 4.57 Å². The van der Waals surface area contributed by atoms with E-state index in [1.54, 1.807) is 0 Å². The maximum Gasteiger partial charge on any atom is 0.0541 e. The quantitative estimate of drug-likeness (QED) is 0.161. The summed E-state index contributed by atoms with van der Waals surface area (Å²) in [7, 11) is 0. The maximum absolute atomic E-state index is 2.37. The van der Waals surface area contributed by atoms with Gasteiger partial charge in [0.1, 0.15) is 0 Å². The van der Waals surface area contributed by atoms with E-state index in [1.165, 1.54) is 65.6 Å². The molecule has 10 aromatic rings. The third-order valence-corrected chi connectivity index (χ3v) is 10.4. The van der Waals surface area contributed by atoms with Gasteiger partial charge in [-0.25, -0.2) is 0 Å². The van der Waals surface area contributed by atoms with Crippen molar-refractivity contribution in [3.05, 3.63) is 206 Å². The maximum atomic E-state index is 2.37. The lowest BCUT2D eigenvalue weighted by molar-refractivity contribution is 1.17. The van der Waals surface area contributed by atoms with Crippen molar-refractivity contribution in [2.24, 2.45) is 0 Å². The van der Waals surface area contributed by atoms with Crippen LogP contribution in [0, 0.1) is 0 Å². The van der Waals surface area contributed by atoms with E-state index in [-0.39, 0.29) is 0 Å². The van der Waals surface area contributed by atoms with E-state index in [2.05, 4.69) is 216 Å². The molecule has 0 aliphatic rings. The molecule has 0 spiro atoms. The SMILES string of the molecule is c1ccc(-c2cccc(N(c3ccc(-c4cc5ccccc5c5ccccc45)cc3)c3ccc(-n4c5ccccc5c5ccccc54)cc3)c2)cc1. The first-order valence-corrected chi connectivity index (χ1v) is 17.9. The van der Waals surface area contributed by atoms with Crippen LogP contribution in [0.15, 0.2) is 206 Å². The van der Waals surface area contributed by atoms with Gasteiger partial charge < -0.3 is 9.47 Å². The molecule has 0 bridgehead atoms. The molecule has 0 amide bonds. The van der Waals surface area contributed by atoms with Crippen molar-refractivity contribution in [3.8, 4) is 27.9 Å². The fraction of sp³-hybridized carbons (Fsp3) is 0. The molecule has 0 saturated carbocycles. The molecule has 0 N–H and O–H groups in total. The first kappa shape index (κ1) is 30.0. The zero-order chi connectivity index (χ0) is 34.4. The van der Waals surface area contributed by atoms with Crippen LogP contribution in [0.3, 0.4) is 0 Å². The van der Waals surface area contributed by atoms with Crippen molar-refractivity contribution in [2.45, 2.75) is 0 Å². The topological polar surface area (TPSA) is 8.17 Å². The Morgan fingerprint density at radius 1 is 0.308 bits per heavy atom. The molecule has 1 heterocycles. The minimum atomic E-state index is 1.10. The lowest BCUT2D eigenvalue weighted by atomic mass is 9.93. The van der Waals surface area contributed by atoms with E-state index in [4.69, 9.17) is 0 Å². The monoisotopic (exact) mass is 662 g/mol. The van der Waals surface area contributed by atoms with E-state index in [9.17, 15) is 0 Å². The molecule has 52 heavy (non-hydrogen) atoms. The molecule has 10 rings (SSSR count). The first-order valence-electron chi connectivity index (χ1n) is 17.9. The molecule has 0 aliphatic heterocycles. The Bertz CT molecular complexity index is 2830. The van der Waals surface area contributed by atoms with Crippen LogP contribution >= 0.6 is 0 Å². The van der Waals surface area contributed by atoms with Gasteiger partial charge in [0, 0.05) is 33.5 Å². The molecule has 0 radical (unpaired) electrons. The lowest BCUT2D eigenvalue weighted by Gasteiger charge is -2.26. The number of fused-ring (bicyclic) bond motifs is 6. The van der Waals surface area contributed by atoms with Crippen molar-refractivity contribution < 1.29 is 0 Å². The predicted molar refractivity (Wildman–Crippen MR) is 221 cm³/mol. The molecule has 0 saturated heterocycles. The molecule has 2 heteroatoms. The molecular formula is C50H34N2. The fourth-order valence-corrected chi connectivity index (χ4v) is 7.94. The summed E-state index contributed by atoms with van der Waals surface area (Å²) in [5.74, 6) is 0. The van der Waals surface area contributed by atoms with E-state index < -0.39 is 0 Å². The van der Waals surface area contributed by atoms with Crippen molar-refractivity contribution >= 4 is 60.4 Å². The molecule has 0 aliphatic carbocycles. The zero-order valence-corrected chi connectivity index (χ0v) is 28.5. The van der Waals surface area contributed by atoms with Gasteiger partial charge >= 0.3 is 0 Å². The molecule has 0 atom stereocenters. The number of anilines is 3. The highest BCUT2D eigenvalue weighted by molar-refractivity contribution is 6.14. The van der Waals surface area contributed by atoms with Crippen LogP contribution in [-0.2, 0) is 0 Å². The second-order valence-corrected chi connectivity index (χ2v) is 13.4. The molecule has 0 fully saturated rings. The molecule has 9 aromatic carbocycles. The number of nitrogens with zero attached hydrogens (tertiary/aromatic N) is 2. The highest BCUT2D eigenvalue weighted by Crippen LogP contribution is 2.40. The Balaban J connectivity index is 1.10. The standard InChI is InChI=1S/C50H34N2/c1-2-13-35(14-3-1)37-16-12-17-42(33-37)51(40-29-31-41(32-30-40)52-49-23-10-8-21-46(49)47-22-9-11-24-50(47)52)39-27-25-36(26-28-39)48-34-38-15-4-5-18-43(38)44-19-6-7-20-45(44)48/h1-34H. The van der Waals surface area contributed by atoms with Crippen LogP contribution in [-0.4, -0.2) is 4.57 Å². The highest BCUT2D eigenvalue weighted by atomic mass is 15.1. The van der Waals surface area contributed by atoms with Crippen LogP contribution in [0.25, 0.3) is 71.3 Å². The number of hydrogen-bond donors (Lipinski definition) is 0. The van der Waals surface area contributed by atoms with Gasteiger partial charge in [0.2, 0.25) is 0 Å². The summed E-state index contributed by atoms with van der Waals surface area (Å²) >= 11 is 0. The van der Waals surface area contributed by atoms with Crippen molar-refractivity contribution in [2.75, 3.05) is 4.90 Å². The largest absolute Gasteiger partial charge is 0.310 e. The summed E-state index contributed by atoms with van der Waals surface area (Å²) in [5, 5.41) is 7.61. The second-order valence-electron chi connectivity index (χ2n) is 13.4. The van der Waals surface area contributed by atoms with Gasteiger partial charge in [0.15, 0.2) is 0 Å². The van der Waals surface area contributed by atoms with Crippen molar-refractivity contribution in [3.63, 3.8) is 0 Å². The Kier molecular flexibility index (Phi) is 7.18.